The van der Waals surface area contributed by atoms with E-state index in [2.05, 4.69) is 10.3 Å². The number of carbonyl (C=O) groups is 1. The Morgan fingerprint density at radius 2 is 2.05 bits per heavy atom. The van der Waals surface area contributed by atoms with Crippen molar-refractivity contribution in [3.8, 4) is 11.3 Å². The van der Waals surface area contributed by atoms with Crippen molar-refractivity contribution in [3.05, 3.63) is 36.0 Å². The smallest absolute Gasteiger partial charge is 0.159 e. The maximum Gasteiger partial charge on any atom is 0.159 e. The quantitative estimate of drug-likeness (QED) is 0.853. The number of rotatable bonds is 4. The van der Waals surface area contributed by atoms with Crippen LogP contribution in [0, 0.1) is 17.6 Å². The normalized spacial score (nSPS) is 11.0. The zero-order chi connectivity index (χ0) is 14.0. The number of halogens is 2. The zero-order valence-electron chi connectivity index (χ0n) is 10.6. The van der Waals surface area contributed by atoms with Crippen LogP contribution >= 0.6 is 0 Å². The molecule has 0 fully saturated rings. The van der Waals surface area contributed by atoms with Crippen LogP contribution in [0.5, 0.6) is 0 Å². The molecule has 4 nitrogen and oxygen atoms in total. The highest BCUT2D eigenvalue weighted by molar-refractivity contribution is 5.80. The number of aromatic nitrogens is 3. The van der Waals surface area contributed by atoms with E-state index in [1.807, 2.05) is 0 Å². The first-order valence-corrected chi connectivity index (χ1v) is 5.85. The Kier molecular flexibility index (Phi) is 3.69. The van der Waals surface area contributed by atoms with E-state index in [-0.39, 0.29) is 18.2 Å². The summed E-state index contributed by atoms with van der Waals surface area (Å²) in [4.78, 5) is 11.6. The Hall–Kier alpha value is -2.11. The number of Topliss-reactive ketones (excluding diaryl/α,β-unsaturated/α-hetero) is 1. The standard InChI is InChI=1S/C13H13F2N3O/c1-8(2)13(19)7-18-6-12(16-17-18)9-3-4-10(14)11(15)5-9/h3-6,8H,7H2,1-2H3. The Morgan fingerprint density at radius 1 is 1.32 bits per heavy atom. The maximum atomic E-state index is 13.1. The third-order valence-electron chi connectivity index (χ3n) is 2.72. The highest BCUT2D eigenvalue weighted by atomic mass is 19.2. The van der Waals surface area contributed by atoms with Gasteiger partial charge in [0.05, 0.1) is 6.20 Å². The molecule has 0 N–H and O–H groups in total. The molecule has 0 saturated heterocycles. The van der Waals surface area contributed by atoms with Crippen LogP contribution in [-0.4, -0.2) is 20.8 Å². The van der Waals surface area contributed by atoms with Gasteiger partial charge in [0, 0.05) is 11.5 Å². The molecule has 0 saturated carbocycles. The van der Waals surface area contributed by atoms with Gasteiger partial charge in [-0.25, -0.2) is 13.5 Å². The number of ketones is 1. The maximum absolute atomic E-state index is 13.1. The molecule has 0 unspecified atom stereocenters. The molecule has 0 amide bonds. The predicted octanol–water partition coefficient (Wildman–Crippen LogP) is 2.45. The van der Waals surface area contributed by atoms with Crippen LogP contribution < -0.4 is 0 Å². The van der Waals surface area contributed by atoms with Crippen molar-refractivity contribution in [1.29, 1.82) is 0 Å². The van der Waals surface area contributed by atoms with E-state index in [0.717, 1.165) is 12.1 Å². The summed E-state index contributed by atoms with van der Waals surface area (Å²) in [7, 11) is 0. The van der Waals surface area contributed by atoms with Crippen molar-refractivity contribution in [2.24, 2.45) is 5.92 Å². The molecular weight excluding hydrogens is 252 g/mol. The largest absolute Gasteiger partial charge is 0.297 e. The molecule has 0 aliphatic heterocycles. The van der Waals surface area contributed by atoms with Crippen molar-refractivity contribution in [2.45, 2.75) is 20.4 Å². The average Bonchev–Trinajstić information content (AvgIpc) is 2.81. The SMILES string of the molecule is CC(C)C(=O)Cn1cc(-c2ccc(F)c(F)c2)nn1. The molecule has 2 rings (SSSR count). The molecule has 0 bridgehead atoms. The van der Waals surface area contributed by atoms with Crippen LogP contribution in [0.2, 0.25) is 0 Å². The highest BCUT2D eigenvalue weighted by Crippen LogP contribution is 2.18. The van der Waals surface area contributed by atoms with Crippen molar-refractivity contribution >= 4 is 5.78 Å². The number of benzene rings is 1. The fourth-order valence-corrected chi connectivity index (χ4v) is 1.51. The first-order valence-electron chi connectivity index (χ1n) is 5.85. The van der Waals surface area contributed by atoms with E-state index in [4.69, 9.17) is 0 Å². The molecular formula is C13H13F2N3O. The second-order valence-corrected chi connectivity index (χ2v) is 4.55. The van der Waals surface area contributed by atoms with Gasteiger partial charge in [-0.05, 0) is 18.2 Å². The van der Waals surface area contributed by atoms with E-state index >= 15 is 0 Å². The minimum absolute atomic E-state index is 0.0294. The molecule has 1 aromatic carbocycles. The zero-order valence-corrected chi connectivity index (χ0v) is 10.6. The van der Waals surface area contributed by atoms with E-state index in [0.29, 0.717) is 11.3 Å². The van der Waals surface area contributed by atoms with Crippen LogP contribution in [0.15, 0.2) is 24.4 Å². The lowest BCUT2D eigenvalue weighted by molar-refractivity contribution is -0.122. The van der Waals surface area contributed by atoms with Gasteiger partial charge in [0.15, 0.2) is 17.4 Å². The molecule has 6 heteroatoms. The lowest BCUT2D eigenvalue weighted by Crippen LogP contribution is -2.15. The number of hydrogen-bond acceptors (Lipinski definition) is 3. The predicted molar refractivity (Wildman–Crippen MR) is 65.2 cm³/mol. The summed E-state index contributed by atoms with van der Waals surface area (Å²) >= 11 is 0. The fraction of sp³-hybridized carbons (Fsp3) is 0.308. The topological polar surface area (TPSA) is 47.8 Å². The van der Waals surface area contributed by atoms with E-state index in [1.54, 1.807) is 13.8 Å². The van der Waals surface area contributed by atoms with Crippen molar-refractivity contribution in [3.63, 3.8) is 0 Å². The number of hydrogen-bond donors (Lipinski definition) is 0. The molecule has 19 heavy (non-hydrogen) atoms. The van der Waals surface area contributed by atoms with E-state index in [1.165, 1.54) is 16.9 Å². The highest BCUT2D eigenvalue weighted by Gasteiger charge is 2.11. The molecule has 0 atom stereocenters. The molecule has 0 aliphatic rings. The van der Waals surface area contributed by atoms with Crippen LogP contribution in [0.3, 0.4) is 0 Å². The second kappa shape index (κ2) is 5.26. The van der Waals surface area contributed by atoms with Gasteiger partial charge in [-0.3, -0.25) is 4.79 Å². The van der Waals surface area contributed by atoms with E-state index < -0.39 is 11.6 Å². The molecule has 2 aromatic rings. The summed E-state index contributed by atoms with van der Waals surface area (Å²) in [5.41, 5.74) is 0.817. The first-order chi connectivity index (χ1) is 8.97. The van der Waals surface area contributed by atoms with Gasteiger partial charge < -0.3 is 0 Å². The Morgan fingerprint density at radius 3 is 2.68 bits per heavy atom. The summed E-state index contributed by atoms with van der Waals surface area (Å²) < 4.78 is 27.3. The molecule has 100 valence electrons. The van der Waals surface area contributed by atoms with Gasteiger partial charge in [-0.15, -0.1) is 5.10 Å². The van der Waals surface area contributed by atoms with Crippen LogP contribution in [0.4, 0.5) is 8.78 Å². The summed E-state index contributed by atoms with van der Waals surface area (Å²) in [6, 6.07) is 3.49. The molecule has 1 aromatic heterocycles. The molecule has 1 heterocycles. The second-order valence-electron chi connectivity index (χ2n) is 4.55. The van der Waals surface area contributed by atoms with Gasteiger partial charge in [0.25, 0.3) is 0 Å². The van der Waals surface area contributed by atoms with Gasteiger partial charge >= 0.3 is 0 Å². The summed E-state index contributed by atoms with van der Waals surface area (Å²) in [6.45, 7) is 3.72. The van der Waals surface area contributed by atoms with Gasteiger partial charge in [0.2, 0.25) is 0 Å². The average molecular weight is 265 g/mol. The lowest BCUT2D eigenvalue weighted by Gasteiger charge is -2.02. The van der Waals surface area contributed by atoms with Crippen molar-refractivity contribution in [1.82, 2.24) is 15.0 Å². The Balaban J connectivity index is 2.21. The minimum atomic E-state index is -0.940. The van der Waals surface area contributed by atoms with Crippen LogP contribution in [-0.2, 0) is 11.3 Å². The number of nitrogens with zero attached hydrogens (tertiary/aromatic N) is 3. The number of carbonyl (C=O) groups excluding carboxylic acids is 1. The van der Waals surface area contributed by atoms with Crippen molar-refractivity contribution in [2.75, 3.05) is 0 Å². The van der Waals surface area contributed by atoms with Crippen LogP contribution in [0.1, 0.15) is 13.8 Å². The third-order valence-corrected chi connectivity index (χ3v) is 2.72. The third kappa shape index (κ3) is 3.01. The lowest BCUT2D eigenvalue weighted by atomic mass is 10.1. The fourth-order valence-electron chi connectivity index (χ4n) is 1.51. The van der Waals surface area contributed by atoms with Gasteiger partial charge in [-0.1, -0.05) is 19.1 Å². The van der Waals surface area contributed by atoms with Gasteiger partial charge in [0.1, 0.15) is 12.2 Å². The monoisotopic (exact) mass is 265 g/mol. The van der Waals surface area contributed by atoms with Crippen LogP contribution in [0.25, 0.3) is 11.3 Å². The molecule has 0 spiro atoms. The van der Waals surface area contributed by atoms with E-state index in [9.17, 15) is 13.6 Å². The molecule has 0 aliphatic carbocycles. The Bertz CT molecular complexity index is 608. The summed E-state index contributed by atoms with van der Waals surface area (Å²) in [5, 5.41) is 7.64. The summed E-state index contributed by atoms with van der Waals surface area (Å²) in [5.74, 6) is -1.91. The Labute approximate surface area is 109 Å². The first kappa shape index (κ1) is 13.3. The van der Waals surface area contributed by atoms with Gasteiger partial charge in [-0.2, -0.15) is 0 Å². The summed E-state index contributed by atoms with van der Waals surface area (Å²) in [6.07, 6.45) is 1.53. The molecule has 0 radical (unpaired) electrons. The minimum Gasteiger partial charge on any atom is -0.297 e. The van der Waals surface area contributed by atoms with Crippen molar-refractivity contribution < 1.29 is 13.6 Å².